The quantitative estimate of drug-likeness (QED) is 0.904. The molecule has 2 rings (SSSR count). The van der Waals surface area contributed by atoms with Gasteiger partial charge in [-0.05, 0) is 30.9 Å². The fourth-order valence-electron chi connectivity index (χ4n) is 2.55. The summed E-state index contributed by atoms with van der Waals surface area (Å²) in [7, 11) is -1.91. The number of sulfonamides is 1. The third kappa shape index (κ3) is 4.13. The Labute approximate surface area is 116 Å². The Kier molecular flexibility index (Phi) is 4.23. The lowest BCUT2D eigenvalue weighted by Gasteiger charge is -2.21. The van der Waals surface area contributed by atoms with E-state index in [9.17, 15) is 8.42 Å². The molecule has 19 heavy (non-hydrogen) atoms. The Morgan fingerprint density at radius 2 is 2.11 bits per heavy atom. The van der Waals surface area contributed by atoms with E-state index in [0.717, 1.165) is 25.7 Å². The van der Waals surface area contributed by atoms with E-state index < -0.39 is 10.0 Å². The van der Waals surface area contributed by atoms with Crippen LogP contribution in [0.5, 0.6) is 5.75 Å². The molecule has 1 aliphatic carbocycles. The van der Waals surface area contributed by atoms with Crippen molar-refractivity contribution in [3.63, 3.8) is 0 Å². The summed E-state index contributed by atoms with van der Waals surface area (Å²) in [4.78, 5) is 0. The second kappa shape index (κ2) is 6.28. The highest BCUT2D eigenvalue weighted by atomic mass is 32.2. The molecule has 1 fully saturated rings. The molecule has 5 heteroatoms. The summed E-state index contributed by atoms with van der Waals surface area (Å²) < 4.78 is 39.7. The highest BCUT2D eigenvalue weighted by Crippen LogP contribution is 2.28. The Bertz CT molecular complexity index is 554. The monoisotopic (exact) mass is 284 g/mol. The summed E-state index contributed by atoms with van der Waals surface area (Å²) in [5.41, 5.74) is 0.343. The van der Waals surface area contributed by atoms with Gasteiger partial charge in [0, 0.05) is 0 Å². The Balaban J connectivity index is 2.09. The van der Waals surface area contributed by atoms with Crippen LogP contribution in [0.2, 0.25) is 0 Å². The van der Waals surface area contributed by atoms with Gasteiger partial charge in [0.15, 0.2) is 0 Å². The number of anilines is 1. The minimum Gasteiger partial charge on any atom is -0.495 e. The normalized spacial score (nSPS) is 17.8. The molecule has 0 saturated heterocycles. The molecule has 0 aliphatic heterocycles. The number of nitrogens with one attached hydrogen (secondary N) is 1. The molecule has 0 aromatic heterocycles. The van der Waals surface area contributed by atoms with Crippen molar-refractivity contribution in [2.24, 2.45) is 5.92 Å². The van der Waals surface area contributed by atoms with Gasteiger partial charge in [-0.15, -0.1) is 0 Å². The van der Waals surface area contributed by atoms with Crippen LogP contribution in [-0.4, -0.2) is 21.3 Å². The van der Waals surface area contributed by atoms with E-state index in [-0.39, 0.29) is 17.7 Å². The van der Waals surface area contributed by atoms with E-state index in [1.165, 1.54) is 19.6 Å². The summed E-state index contributed by atoms with van der Waals surface area (Å²) in [6.45, 7) is 0. The zero-order valence-corrected chi connectivity index (χ0v) is 12.0. The smallest absolute Gasteiger partial charge is 0.233 e. The third-order valence-electron chi connectivity index (χ3n) is 3.49. The SMILES string of the molecule is [2H]c1ccc(OC)c(NS(=O)(=O)CC2CCCCC2)c1. The molecule has 0 amide bonds. The number of ether oxygens (including phenoxy) is 1. The Morgan fingerprint density at radius 1 is 1.37 bits per heavy atom. The number of methoxy groups -OCH3 is 1. The van der Waals surface area contributed by atoms with Crippen molar-refractivity contribution < 1.29 is 14.5 Å². The van der Waals surface area contributed by atoms with Crippen molar-refractivity contribution in [2.45, 2.75) is 32.1 Å². The summed E-state index contributed by atoms with van der Waals surface area (Å²) in [6, 6.07) is 4.89. The van der Waals surface area contributed by atoms with Gasteiger partial charge >= 0.3 is 0 Å². The molecule has 4 nitrogen and oxygen atoms in total. The molecule has 0 unspecified atom stereocenters. The van der Waals surface area contributed by atoms with Crippen LogP contribution in [-0.2, 0) is 10.0 Å². The highest BCUT2D eigenvalue weighted by molar-refractivity contribution is 7.92. The predicted octanol–water partition coefficient (Wildman–Crippen LogP) is 3.02. The Hall–Kier alpha value is -1.23. The first-order valence-electron chi connectivity index (χ1n) is 7.15. The van der Waals surface area contributed by atoms with Crippen LogP contribution in [0.15, 0.2) is 24.2 Å². The molecule has 1 N–H and O–H groups in total. The topological polar surface area (TPSA) is 55.4 Å². The van der Waals surface area contributed by atoms with Gasteiger partial charge in [-0.2, -0.15) is 0 Å². The molecule has 106 valence electrons. The number of benzene rings is 1. The van der Waals surface area contributed by atoms with Gasteiger partial charge in [-0.25, -0.2) is 8.42 Å². The molecule has 0 atom stereocenters. The van der Waals surface area contributed by atoms with Crippen molar-refractivity contribution in [3.05, 3.63) is 24.2 Å². The van der Waals surface area contributed by atoms with Gasteiger partial charge in [0.1, 0.15) is 5.75 Å². The predicted molar refractivity (Wildman–Crippen MR) is 77.0 cm³/mol. The molecule has 1 aromatic rings. The molecular weight excluding hydrogens is 262 g/mol. The number of rotatable bonds is 5. The van der Waals surface area contributed by atoms with Crippen LogP contribution < -0.4 is 9.46 Å². The largest absolute Gasteiger partial charge is 0.495 e. The van der Waals surface area contributed by atoms with Gasteiger partial charge in [0.05, 0.1) is 19.9 Å². The Morgan fingerprint density at radius 3 is 2.79 bits per heavy atom. The minimum absolute atomic E-state index is 0.151. The summed E-state index contributed by atoms with van der Waals surface area (Å²) in [5.74, 6) is 0.831. The first-order valence-corrected chi connectivity index (χ1v) is 8.30. The van der Waals surface area contributed by atoms with Crippen LogP contribution in [0.4, 0.5) is 5.69 Å². The summed E-state index contributed by atoms with van der Waals surface area (Å²) in [5, 5.41) is 0. The number of para-hydroxylation sites is 2. The van der Waals surface area contributed by atoms with E-state index >= 15 is 0 Å². The average Bonchev–Trinajstić information content (AvgIpc) is 2.39. The van der Waals surface area contributed by atoms with Crippen molar-refractivity contribution >= 4 is 15.7 Å². The summed E-state index contributed by atoms with van der Waals surface area (Å²) in [6.07, 6.45) is 5.41. The van der Waals surface area contributed by atoms with E-state index in [1.54, 1.807) is 12.1 Å². The lowest BCUT2D eigenvalue weighted by atomic mass is 9.91. The van der Waals surface area contributed by atoms with Crippen LogP contribution in [0.1, 0.15) is 33.5 Å². The fourth-order valence-corrected chi connectivity index (χ4v) is 4.08. The maximum atomic E-state index is 12.2. The highest BCUT2D eigenvalue weighted by Gasteiger charge is 2.22. The van der Waals surface area contributed by atoms with Crippen LogP contribution >= 0.6 is 0 Å². The first-order chi connectivity index (χ1) is 9.50. The van der Waals surface area contributed by atoms with E-state index in [2.05, 4.69) is 4.72 Å². The maximum absolute atomic E-state index is 12.2. The van der Waals surface area contributed by atoms with Crippen LogP contribution in [0, 0.1) is 5.92 Å². The second-order valence-corrected chi connectivity index (χ2v) is 6.78. The zero-order chi connectivity index (χ0) is 14.6. The zero-order valence-electron chi connectivity index (χ0n) is 12.2. The van der Waals surface area contributed by atoms with Gasteiger partial charge in [-0.1, -0.05) is 31.4 Å². The standard InChI is InChI=1S/C14H21NO3S/c1-18-14-10-6-5-9-13(14)15-19(16,17)11-12-7-3-2-4-8-12/h5-6,9-10,12,15H,2-4,7-8,11H2,1H3/i5D. The molecular formula is C14H21NO3S. The van der Waals surface area contributed by atoms with Crippen LogP contribution in [0.3, 0.4) is 0 Å². The molecule has 1 aliphatic rings. The fraction of sp³-hybridized carbons (Fsp3) is 0.571. The summed E-state index contributed by atoms with van der Waals surface area (Å²) >= 11 is 0. The third-order valence-corrected chi connectivity index (χ3v) is 4.93. The second-order valence-electron chi connectivity index (χ2n) is 5.01. The first kappa shape index (κ1) is 12.8. The lowest BCUT2D eigenvalue weighted by molar-refractivity contribution is 0.385. The number of hydrogen-bond donors (Lipinski definition) is 1. The molecule has 0 bridgehead atoms. The van der Waals surface area contributed by atoms with Gasteiger partial charge < -0.3 is 4.74 Å². The molecule has 1 saturated carbocycles. The van der Waals surface area contributed by atoms with E-state index in [1.807, 2.05) is 0 Å². The van der Waals surface area contributed by atoms with Crippen molar-refractivity contribution in [2.75, 3.05) is 17.6 Å². The number of hydrogen-bond acceptors (Lipinski definition) is 3. The van der Waals surface area contributed by atoms with Gasteiger partial charge in [0.25, 0.3) is 0 Å². The van der Waals surface area contributed by atoms with Crippen molar-refractivity contribution in [1.82, 2.24) is 0 Å². The maximum Gasteiger partial charge on any atom is 0.233 e. The van der Waals surface area contributed by atoms with Crippen molar-refractivity contribution in [3.8, 4) is 5.75 Å². The minimum atomic E-state index is -3.40. The van der Waals surface area contributed by atoms with E-state index in [0.29, 0.717) is 11.4 Å². The average molecular weight is 284 g/mol. The molecule has 0 radical (unpaired) electrons. The lowest BCUT2D eigenvalue weighted by Crippen LogP contribution is -2.24. The molecule has 0 heterocycles. The van der Waals surface area contributed by atoms with E-state index in [4.69, 9.17) is 6.11 Å². The van der Waals surface area contributed by atoms with Crippen molar-refractivity contribution in [1.29, 1.82) is 0 Å². The molecule has 1 aromatic carbocycles. The van der Waals surface area contributed by atoms with Crippen LogP contribution in [0.25, 0.3) is 0 Å². The molecule has 0 spiro atoms. The van der Waals surface area contributed by atoms with Gasteiger partial charge in [-0.3, -0.25) is 4.72 Å². The van der Waals surface area contributed by atoms with Gasteiger partial charge in [0.2, 0.25) is 10.0 Å².